The lowest BCUT2D eigenvalue weighted by Gasteiger charge is -2.46. The SMILES string of the molecule is C=CCCCOC(=O)[C@H]1[C@H]2C(=O)N([C@@H](CC)CO)C(C(=O)N(CC=C)C(C)(C)CC(C)(C)C)C23CC[C@]1(CC)O3. The van der Waals surface area contributed by atoms with Gasteiger partial charge in [-0.25, -0.2) is 0 Å². The van der Waals surface area contributed by atoms with Gasteiger partial charge in [0.2, 0.25) is 11.8 Å². The molecular formula is C32H52N2O6. The first-order valence-corrected chi connectivity index (χ1v) is 15.0. The third-order valence-corrected chi connectivity index (χ3v) is 9.25. The van der Waals surface area contributed by atoms with Gasteiger partial charge in [0.05, 0.1) is 30.8 Å². The van der Waals surface area contributed by atoms with E-state index in [1.165, 1.54) is 0 Å². The van der Waals surface area contributed by atoms with Crippen molar-refractivity contribution in [2.45, 2.75) is 122 Å². The summed E-state index contributed by atoms with van der Waals surface area (Å²) < 4.78 is 12.6. The molecule has 0 aromatic heterocycles. The Labute approximate surface area is 241 Å². The Morgan fingerprint density at radius 2 is 1.88 bits per heavy atom. The van der Waals surface area contributed by atoms with E-state index in [9.17, 15) is 19.5 Å². The van der Waals surface area contributed by atoms with E-state index in [1.807, 2.05) is 32.6 Å². The van der Waals surface area contributed by atoms with E-state index in [0.29, 0.717) is 38.6 Å². The zero-order chi connectivity index (χ0) is 30.1. The lowest BCUT2D eigenvalue weighted by Crippen LogP contribution is -2.62. The number of amides is 2. The topological polar surface area (TPSA) is 96.4 Å². The zero-order valence-electron chi connectivity index (χ0n) is 25.8. The maximum Gasteiger partial charge on any atom is 0.312 e. The Kier molecular flexibility index (Phi) is 9.67. The Morgan fingerprint density at radius 1 is 1.20 bits per heavy atom. The van der Waals surface area contributed by atoms with Gasteiger partial charge < -0.3 is 24.4 Å². The molecule has 2 amide bonds. The predicted octanol–water partition coefficient (Wildman–Crippen LogP) is 4.65. The van der Waals surface area contributed by atoms with Crippen molar-refractivity contribution in [1.29, 1.82) is 0 Å². The molecular weight excluding hydrogens is 508 g/mol. The van der Waals surface area contributed by atoms with Crippen LogP contribution in [0.25, 0.3) is 0 Å². The van der Waals surface area contributed by atoms with Crippen molar-refractivity contribution >= 4 is 17.8 Å². The van der Waals surface area contributed by atoms with Crippen LogP contribution < -0.4 is 0 Å². The lowest BCUT2D eigenvalue weighted by molar-refractivity contribution is -0.165. The lowest BCUT2D eigenvalue weighted by atomic mass is 9.65. The molecule has 3 rings (SSSR count). The van der Waals surface area contributed by atoms with E-state index < -0.39 is 46.6 Å². The van der Waals surface area contributed by atoms with Crippen molar-refractivity contribution in [1.82, 2.24) is 9.80 Å². The van der Waals surface area contributed by atoms with Crippen molar-refractivity contribution < 1.29 is 29.0 Å². The van der Waals surface area contributed by atoms with Crippen LogP contribution in [0.15, 0.2) is 25.3 Å². The number of aliphatic hydroxyl groups excluding tert-OH is 1. The van der Waals surface area contributed by atoms with Crippen molar-refractivity contribution in [3.63, 3.8) is 0 Å². The molecule has 0 radical (unpaired) electrons. The largest absolute Gasteiger partial charge is 0.465 e. The minimum absolute atomic E-state index is 0.0543. The molecule has 1 spiro atoms. The molecule has 40 heavy (non-hydrogen) atoms. The molecule has 0 aromatic carbocycles. The van der Waals surface area contributed by atoms with E-state index in [1.54, 1.807) is 17.1 Å². The molecule has 8 heteroatoms. The van der Waals surface area contributed by atoms with Gasteiger partial charge >= 0.3 is 5.97 Å². The van der Waals surface area contributed by atoms with Crippen LogP contribution >= 0.6 is 0 Å². The molecule has 226 valence electrons. The van der Waals surface area contributed by atoms with E-state index in [2.05, 4.69) is 33.9 Å². The fourth-order valence-corrected chi connectivity index (χ4v) is 7.90. The summed E-state index contributed by atoms with van der Waals surface area (Å²) in [6.07, 6.45) is 7.67. The molecule has 1 N–H and O–H groups in total. The van der Waals surface area contributed by atoms with Gasteiger partial charge in [0, 0.05) is 12.1 Å². The second-order valence-corrected chi connectivity index (χ2v) is 13.7. The van der Waals surface area contributed by atoms with E-state index >= 15 is 0 Å². The van der Waals surface area contributed by atoms with Crippen LogP contribution in [-0.2, 0) is 23.9 Å². The molecule has 2 unspecified atom stereocenters. The van der Waals surface area contributed by atoms with Gasteiger partial charge in [0.15, 0.2) is 0 Å². The van der Waals surface area contributed by atoms with Gasteiger partial charge in [-0.15, -0.1) is 13.2 Å². The second-order valence-electron chi connectivity index (χ2n) is 13.7. The summed E-state index contributed by atoms with van der Waals surface area (Å²) >= 11 is 0. The Balaban J connectivity index is 2.12. The number of carbonyl (C=O) groups excluding carboxylic acids is 3. The zero-order valence-corrected chi connectivity index (χ0v) is 25.8. The Hall–Kier alpha value is -2.19. The van der Waals surface area contributed by atoms with Crippen molar-refractivity contribution in [3.8, 4) is 0 Å². The number of aliphatic hydroxyl groups is 1. The molecule has 3 fully saturated rings. The number of likely N-dealkylation sites (tertiary alicyclic amines) is 1. The number of hydrogen-bond acceptors (Lipinski definition) is 6. The highest BCUT2D eigenvalue weighted by Crippen LogP contribution is 2.65. The van der Waals surface area contributed by atoms with Crippen LogP contribution in [0.2, 0.25) is 0 Å². The standard InChI is InChI=1S/C32H52N2O6/c1-10-14-15-19-39-28(38)24-23-26(36)34(22(12-3)20-35)25(32(23)17-16-31(24,13-4)40-32)27(37)33(18-11-2)30(8,9)21-29(5,6)7/h10-11,22-25,35H,1-2,12-21H2,3-9H3/t22-,23-,24+,25?,31-,32?/m0/s1. The van der Waals surface area contributed by atoms with Gasteiger partial charge in [-0.3, -0.25) is 14.4 Å². The molecule has 3 aliphatic heterocycles. The molecule has 3 heterocycles. The van der Waals surface area contributed by atoms with Crippen LogP contribution in [0.5, 0.6) is 0 Å². The van der Waals surface area contributed by atoms with Crippen molar-refractivity contribution in [2.24, 2.45) is 17.3 Å². The number of fused-ring (bicyclic) bond motifs is 1. The molecule has 0 aromatic rings. The summed E-state index contributed by atoms with van der Waals surface area (Å²) in [5.41, 5.74) is -2.61. The van der Waals surface area contributed by atoms with Gasteiger partial charge in [0.25, 0.3) is 0 Å². The molecule has 6 atom stereocenters. The molecule has 3 aliphatic rings. The number of unbranched alkanes of at least 4 members (excludes halogenated alkanes) is 1. The van der Waals surface area contributed by atoms with Crippen molar-refractivity contribution in [3.05, 3.63) is 25.3 Å². The minimum Gasteiger partial charge on any atom is -0.465 e. The normalized spacial score (nSPS) is 30.2. The highest BCUT2D eigenvalue weighted by molar-refractivity contribution is 5.99. The quantitative estimate of drug-likeness (QED) is 0.189. The number of ether oxygens (including phenoxy) is 2. The fraction of sp³-hybridized carbons (Fsp3) is 0.781. The maximum absolute atomic E-state index is 14.8. The van der Waals surface area contributed by atoms with Crippen LogP contribution in [0, 0.1) is 17.3 Å². The third-order valence-electron chi connectivity index (χ3n) is 9.25. The van der Waals surface area contributed by atoms with Crippen LogP contribution in [-0.4, -0.2) is 81.3 Å². The summed E-state index contributed by atoms with van der Waals surface area (Å²) in [4.78, 5) is 46.2. The molecule has 3 saturated heterocycles. The molecule has 8 nitrogen and oxygen atoms in total. The average Bonchev–Trinajstić information content (AvgIpc) is 3.48. The predicted molar refractivity (Wildman–Crippen MR) is 155 cm³/mol. The molecule has 2 bridgehead atoms. The van der Waals surface area contributed by atoms with Crippen LogP contribution in [0.4, 0.5) is 0 Å². The number of rotatable bonds is 14. The minimum atomic E-state index is -1.16. The van der Waals surface area contributed by atoms with Gasteiger partial charge in [0.1, 0.15) is 17.6 Å². The Morgan fingerprint density at radius 3 is 2.40 bits per heavy atom. The van der Waals surface area contributed by atoms with Gasteiger partial charge in [-0.2, -0.15) is 0 Å². The highest BCUT2D eigenvalue weighted by Gasteiger charge is 2.79. The first-order chi connectivity index (χ1) is 18.7. The summed E-state index contributed by atoms with van der Waals surface area (Å²) in [7, 11) is 0. The van der Waals surface area contributed by atoms with Gasteiger partial charge in [-0.1, -0.05) is 46.8 Å². The second kappa shape index (κ2) is 12.0. The number of allylic oxidation sites excluding steroid dienone is 1. The first-order valence-electron chi connectivity index (χ1n) is 15.0. The number of nitrogens with zero attached hydrogens (tertiary/aromatic N) is 2. The van der Waals surface area contributed by atoms with Gasteiger partial charge in [-0.05, 0) is 64.2 Å². The Bertz CT molecular complexity index is 982. The molecule has 0 aliphatic carbocycles. The summed E-state index contributed by atoms with van der Waals surface area (Å²) in [6, 6.07) is -1.52. The average molecular weight is 561 g/mol. The third kappa shape index (κ3) is 5.50. The van der Waals surface area contributed by atoms with Crippen molar-refractivity contribution in [2.75, 3.05) is 19.8 Å². The fourth-order valence-electron chi connectivity index (χ4n) is 7.90. The van der Waals surface area contributed by atoms with Crippen LogP contribution in [0.3, 0.4) is 0 Å². The number of carbonyl (C=O) groups is 3. The number of hydrogen-bond donors (Lipinski definition) is 1. The monoisotopic (exact) mass is 560 g/mol. The summed E-state index contributed by atoms with van der Waals surface area (Å²) in [6.45, 7) is 22.3. The van der Waals surface area contributed by atoms with E-state index in [4.69, 9.17) is 9.47 Å². The summed E-state index contributed by atoms with van der Waals surface area (Å²) in [5, 5.41) is 10.4. The summed E-state index contributed by atoms with van der Waals surface area (Å²) in [5.74, 6) is -2.58. The smallest absolute Gasteiger partial charge is 0.312 e. The maximum atomic E-state index is 14.8. The van der Waals surface area contributed by atoms with E-state index in [-0.39, 0.29) is 30.4 Å². The van der Waals surface area contributed by atoms with E-state index in [0.717, 1.165) is 12.8 Å². The first kappa shape index (κ1) is 32.3. The number of esters is 1. The highest BCUT2D eigenvalue weighted by atomic mass is 16.6. The van der Waals surface area contributed by atoms with Crippen LogP contribution in [0.1, 0.15) is 93.4 Å². The molecule has 0 saturated carbocycles.